The predicted molar refractivity (Wildman–Crippen MR) is 103 cm³/mol. The average Bonchev–Trinajstić information content (AvgIpc) is 2.68. The molecule has 27 heavy (non-hydrogen) atoms. The van der Waals surface area contributed by atoms with Gasteiger partial charge in [-0.3, -0.25) is 19.9 Å². The standard InChI is InChI=1S/C19H24N4O4/c1-14(16-7-4-5-10-20-16)21-17-9-8-15(13-18(17)23(25)26)19(24)22(2)11-6-12-27-3/h4-5,7-10,13-14,21H,6,11-12H2,1-3H3. The summed E-state index contributed by atoms with van der Waals surface area (Å²) in [6.45, 7) is 2.93. The van der Waals surface area contributed by atoms with E-state index in [1.807, 2.05) is 25.1 Å². The maximum absolute atomic E-state index is 12.5. The molecule has 8 heteroatoms. The fraction of sp³-hybridized carbons (Fsp3) is 0.368. The molecule has 0 radical (unpaired) electrons. The summed E-state index contributed by atoms with van der Waals surface area (Å²) in [4.78, 5) is 29.3. The van der Waals surface area contributed by atoms with Gasteiger partial charge < -0.3 is 15.0 Å². The number of nitro benzene ring substituents is 1. The van der Waals surface area contributed by atoms with Crippen molar-refractivity contribution in [3.8, 4) is 0 Å². The Morgan fingerprint density at radius 2 is 2.15 bits per heavy atom. The predicted octanol–water partition coefficient (Wildman–Crippen LogP) is 3.27. The van der Waals surface area contributed by atoms with Gasteiger partial charge in [0.15, 0.2) is 0 Å². The molecule has 2 aromatic rings. The molecule has 0 aliphatic carbocycles. The number of benzene rings is 1. The largest absolute Gasteiger partial charge is 0.385 e. The lowest BCUT2D eigenvalue weighted by atomic mass is 10.1. The molecule has 0 fully saturated rings. The molecule has 1 aromatic heterocycles. The van der Waals surface area contributed by atoms with Gasteiger partial charge in [0.25, 0.3) is 11.6 Å². The zero-order valence-corrected chi connectivity index (χ0v) is 15.7. The van der Waals surface area contributed by atoms with Crippen molar-refractivity contribution in [2.24, 2.45) is 0 Å². The summed E-state index contributed by atoms with van der Waals surface area (Å²) in [5.41, 5.74) is 1.24. The van der Waals surface area contributed by atoms with Gasteiger partial charge in [0.1, 0.15) is 5.69 Å². The van der Waals surface area contributed by atoms with Gasteiger partial charge in [-0.2, -0.15) is 0 Å². The second-order valence-electron chi connectivity index (χ2n) is 6.18. The van der Waals surface area contributed by atoms with Crippen LogP contribution in [0.15, 0.2) is 42.6 Å². The second-order valence-corrected chi connectivity index (χ2v) is 6.18. The number of nitrogens with zero attached hydrogens (tertiary/aromatic N) is 3. The maximum atomic E-state index is 12.5. The number of hydrogen-bond donors (Lipinski definition) is 1. The lowest BCUT2D eigenvalue weighted by Gasteiger charge is -2.18. The van der Waals surface area contributed by atoms with Gasteiger partial charge in [0.05, 0.1) is 16.7 Å². The van der Waals surface area contributed by atoms with E-state index in [-0.39, 0.29) is 23.2 Å². The SMILES string of the molecule is COCCCN(C)C(=O)c1ccc(NC(C)c2ccccn2)c([N+](=O)[O-])c1. The number of carbonyl (C=O) groups is 1. The summed E-state index contributed by atoms with van der Waals surface area (Å²) < 4.78 is 4.98. The van der Waals surface area contributed by atoms with E-state index in [1.54, 1.807) is 32.5 Å². The van der Waals surface area contributed by atoms with Crippen LogP contribution in [0.2, 0.25) is 0 Å². The van der Waals surface area contributed by atoms with Gasteiger partial charge in [-0.1, -0.05) is 6.07 Å². The first-order valence-corrected chi connectivity index (χ1v) is 8.64. The Morgan fingerprint density at radius 1 is 1.37 bits per heavy atom. The molecule has 0 aliphatic heterocycles. The van der Waals surface area contributed by atoms with Crippen molar-refractivity contribution in [1.82, 2.24) is 9.88 Å². The molecule has 0 aliphatic rings. The van der Waals surface area contributed by atoms with Gasteiger partial charge >= 0.3 is 0 Å². The van der Waals surface area contributed by atoms with Crippen LogP contribution in [-0.2, 0) is 4.74 Å². The van der Waals surface area contributed by atoms with Crippen molar-refractivity contribution < 1.29 is 14.5 Å². The van der Waals surface area contributed by atoms with E-state index in [0.29, 0.717) is 25.3 Å². The molecule has 1 amide bonds. The van der Waals surface area contributed by atoms with Crippen LogP contribution in [-0.4, -0.2) is 48.0 Å². The summed E-state index contributed by atoms with van der Waals surface area (Å²) >= 11 is 0. The average molecular weight is 372 g/mol. The van der Waals surface area contributed by atoms with Crippen molar-refractivity contribution in [3.63, 3.8) is 0 Å². The lowest BCUT2D eigenvalue weighted by molar-refractivity contribution is -0.384. The van der Waals surface area contributed by atoms with Crippen molar-refractivity contribution in [2.45, 2.75) is 19.4 Å². The number of methoxy groups -OCH3 is 1. The van der Waals surface area contributed by atoms with Crippen LogP contribution >= 0.6 is 0 Å². The van der Waals surface area contributed by atoms with E-state index in [1.165, 1.54) is 11.0 Å². The fourth-order valence-electron chi connectivity index (χ4n) is 2.65. The summed E-state index contributed by atoms with van der Waals surface area (Å²) in [5.74, 6) is -0.265. The molecule has 0 spiro atoms. The maximum Gasteiger partial charge on any atom is 0.293 e. The van der Waals surface area contributed by atoms with E-state index < -0.39 is 4.92 Å². The third kappa shape index (κ3) is 5.49. The highest BCUT2D eigenvalue weighted by Crippen LogP contribution is 2.29. The summed E-state index contributed by atoms with van der Waals surface area (Å²) in [5, 5.41) is 14.6. The third-order valence-electron chi connectivity index (χ3n) is 4.13. The molecule has 0 saturated carbocycles. The minimum atomic E-state index is -0.491. The van der Waals surface area contributed by atoms with Crippen molar-refractivity contribution >= 4 is 17.3 Å². The fourth-order valence-corrected chi connectivity index (χ4v) is 2.65. The molecular weight excluding hydrogens is 348 g/mol. The van der Waals surface area contributed by atoms with Crippen LogP contribution in [0.1, 0.15) is 35.4 Å². The zero-order chi connectivity index (χ0) is 19.8. The highest BCUT2D eigenvalue weighted by molar-refractivity contribution is 5.95. The number of aromatic nitrogens is 1. The molecule has 1 aromatic carbocycles. The molecule has 1 atom stereocenters. The monoisotopic (exact) mass is 372 g/mol. The minimum Gasteiger partial charge on any atom is -0.385 e. The Morgan fingerprint density at radius 3 is 2.78 bits per heavy atom. The van der Waals surface area contributed by atoms with Crippen molar-refractivity contribution in [3.05, 3.63) is 64.0 Å². The Labute approximate surface area is 158 Å². The Bertz CT molecular complexity index is 783. The Hall–Kier alpha value is -3.00. The summed E-state index contributed by atoms with van der Waals surface area (Å²) in [6, 6.07) is 9.75. The molecule has 8 nitrogen and oxygen atoms in total. The number of amides is 1. The second kappa shape index (κ2) is 9.63. The van der Waals surface area contributed by atoms with Crippen LogP contribution < -0.4 is 5.32 Å². The molecule has 0 bridgehead atoms. The van der Waals surface area contributed by atoms with E-state index in [2.05, 4.69) is 10.3 Å². The normalized spacial score (nSPS) is 11.7. The van der Waals surface area contributed by atoms with Crippen LogP contribution in [0.25, 0.3) is 0 Å². The van der Waals surface area contributed by atoms with Crippen molar-refractivity contribution in [1.29, 1.82) is 0 Å². The number of anilines is 1. The molecular formula is C19H24N4O4. The third-order valence-corrected chi connectivity index (χ3v) is 4.13. The van der Waals surface area contributed by atoms with E-state index in [0.717, 1.165) is 5.69 Å². The highest BCUT2D eigenvalue weighted by Gasteiger charge is 2.21. The van der Waals surface area contributed by atoms with Gasteiger partial charge in [0, 0.05) is 45.1 Å². The molecule has 0 saturated heterocycles. The number of hydrogen-bond acceptors (Lipinski definition) is 6. The minimum absolute atomic E-state index is 0.145. The number of nitro groups is 1. The van der Waals surface area contributed by atoms with E-state index in [9.17, 15) is 14.9 Å². The highest BCUT2D eigenvalue weighted by atomic mass is 16.6. The first-order valence-electron chi connectivity index (χ1n) is 8.64. The number of nitrogens with one attached hydrogen (secondary N) is 1. The molecule has 1 unspecified atom stereocenters. The number of ether oxygens (including phenoxy) is 1. The van der Waals surface area contributed by atoms with Crippen LogP contribution in [0.5, 0.6) is 0 Å². The molecule has 2 rings (SSSR count). The van der Waals surface area contributed by atoms with E-state index >= 15 is 0 Å². The van der Waals surface area contributed by atoms with Gasteiger partial charge in [-0.05, 0) is 37.6 Å². The summed E-state index contributed by atoms with van der Waals surface area (Å²) in [6.07, 6.45) is 2.37. The van der Waals surface area contributed by atoms with Crippen LogP contribution in [0.3, 0.4) is 0 Å². The Kier molecular flexibility index (Phi) is 7.25. The van der Waals surface area contributed by atoms with Gasteiger partial charge in [0.2, 0.25) is 0 Å². The van der Waals surface area contributed by atoms with Gasteiger partial charge in [-0.15, -0.1) is 0 Å². The quantitative estimate of drug-likeness (QED) is 0.412. The van der Waals surface area contributed by atoms with E-state index in [4.69, 9.17) is 4.74 Å². The Balaban J connectivity index is 2.18. The number of carbonyl (C=O) groups excluding carboxylic acids is 1. The molecule has 1 heterocycles. The zero-order valence-electron chi connectivity index (χ0n) is 15.7. The first-order chi connectivity index (χ1) is 12.9. The smallest absolute Gasteiger partial charge is 0.293 e. The topological polar surface area (TPSA) is 97.6 Å². The number of rotatable bonds is 9. The summed E-state index contributed by atoms with van der Waals surface area (Å²) in [7, 11) is 3.27. The lowest BCUT2D eigenvalue weighted by Crippen LogP contribution is -2.28. The molecule has 1 N–H and O–H groups in total. The van der Waals surface area contributed by atoms with Crippen molar-refractivity contribution in [2.75, 3.05) is 32.6 Å². The van der Waals surface area contributed by atoms with Crippen LogP contribution in [0, 0.1) is 10.1 Å². The van der Waals surface area contributed by atoms with Gasteiger partial charge in [-0.25, -0.2) is 0 Å². The van der Waals surface area contributed by atoms with Crippen LogP contribution in [0.4, 0.5) is 11.4 Å². The first kappa shape index (κ1) is 20.3. The number of pyridine rings is 1. The molecule has 144 valence electrons.